The van der Waals surface area contributed by atoms with Crippen LogP contribution >= 0.6 is 0 Å². The summed E-state index contributed by atoms with van der Waals surface area (Å²) in [5.41, 5.74) is -4.59. The Morgan fingerprint density at radius 2 is 1.83 bits per heavy atom. The smallest absolute Gasteiger partial charge is 0.427 e. The second-order valence-electron chi connectivity index (χ2n) is 17.0. The lowest BCUT2D eigenvalue weighted by Crippen LogP contribution is -2.59. The van der Waals surface area contributed by atoms with Gasteiger partial charge in [0.05, 0.1) is 17.9 Å². The first-order valence-electron chi connectivity index (χ1n) is 19.8. The first kappa shape index (κ1) is 43.9. The highest BCUT2D eigenvalue weighted by molar-refractivity contribution is 7.91. The molecule has 7 unspecified atom stereocenters. The van der Waals surface area contributed by atoms with Gasteiger partial charge in [-0.15, -0.1) is 0 Å². The maximum Gasteiger partial charge on any atom is 0.427 e. The lowest BCUT2D eigenvalue weighted by molar-refractivity contribution is -0.244. The van der Waals surface area contributed by atoms with Gasteiger partial charge in [-0.05, 0) is 102 Å². The highest BCUT2D eigenvalue weighted by atomic mass is 32.2. The molecule has 19 heteroatoms. The van der Waals surface area contributed by atoms with Gasteiger partial charge < -0.3 is 29.7 Å². The van der Waals surface area contributed by atoms with Crippen molar-refractivity contribution in [1.29, 1.82) is 0 Å². The molecular weight excluding hydrogens is 803 g/mol. The molecule has 3 fully saturated rings. The number of nitrogens with one attached hydrogen (secondary N) is 3. The third-order valence-electron chi connectivity index (χ3n) is 11.9. The summed E-state index contributed by atoms with van der Waals surface area (Å²) < 4.78 is 100. The van der Waals surface area contributed by atoms with E-state index >= 15 is 4.39 Å². The van der Waals surface area contributed by atoms with Crippen molar-refractivity contribution in [3.63, 3.8) is 0 Å². The molecule has 1 aromatic heterocycles. The number of aromatic nitrogens is 1. The third kappa shape index (κ3) is 9.09. The van der Waals surface area contributed by atoms with Crippen LogP contribution in [0.5, 0.6) is 11.6 Å². The number of hydrogen-bond donors (Lipinski definition) is 3. The zero-order valence-electron chi connectivity index (χ0n) is 33.8. The van der Waals surface area contributed by atoms with Gasteiger partial charge in [0.2, 0.25) is 33.3 Å². The van der Waals surface area contributed by atoms with E-state index in [1.54, 1.807) is 26.0 Å². The standard InChI is InChI=1S/C40H51F4N5O9S/c1-7-56-30-17-24-12-15-45-33(27(24)19-28(30)41)57-26-18-29-32(50)47-39(35(52)48-59(54,55)38(6)13-14-38)20-25(39)11-9-8-10-22(2)16-23(3)31(34(51)49(29)21-26)46-36(53)58-37(4,5)40(42,43)44/h9,11-12,15,17,19,22-23,25-26,29,31H,7-8,10,13-14,16,18,20-21H2,1-6H3,(H,46,53)(H,47,50)(H,48,52). The lowest BCUT2D eigenvalue weighted by Gasteiger charge is -2.34. The van der Waals surface area contributed by atoms with E-state index < -0.39 is 91.7 Å². The number of fused-ring (bicyclic) bond motifs is 3. The Kier molecular flexibility index (Phi) is 11.9. The second kappa shape index (κ2) is 16.1. The number of carbonyl (C=O) groups excluding carboxylic acids is 4. The molecule has 4 aliphatic rings. The average molecular weight is 854 g/mol. The number of amides is 4. The predicted octanol–water partition coefficient (Wildman–Crippen LogP) is 5.44. The number of nitrogens with zero attached hydrogens (tertiary/aromatic N) is 2. The van der Waals surface area contributed by atoms with Gasteiger partial charge in [0, 0.05) is 23.9 Å². The van der Waals surface area contributed by atoms with Crippen LogP contribution in [0.1, 0.15) is 86.5 Å². The number of alkyl halides is 3. The SMILES string of the molecule is CCOc1cc2ccnc(OC3CC4C(=O)NC5(C(=O)NS(=O)(=O)C6(C)CC6)CC5C=CCCC(C)CC(C)C(NC(=O)OC(C)(C)C(F)(F)F)C(=O)N4C3)c2cc1F. The Morgan fingerprint density at radius 3 is 2.49 bits per heavy atom. The van der Waals surface area contributed by atoms with Gasteiger partial charge in [0.1, 0.15) is 23.7 Å². The van der Waals surface area contributed by atoms with Crippen LogP contribution in [0.3, 0.4) is 0 Å². The molecule has 2 aliphatic heterocycles. The van der Waals surface area contributed by atoms with E-state index in [1.807, 2.05) is 13.0 Å². The van der Waals surface area contributed by atoms with Crippen molar-refractivity contribution in [2.75, 3.05) is 13.2 Å². The third-order valence-corrected chi connectivity index (χ3v) is 14.1. The summed E-state index contributed by atoms with van der Waals surface area (Å²) >= 11 is 0. The van der Waals surface area contributed by atoms with Gasteiger partial charge in [-0.2, -0.15) is 13.2 Å². The highest BCUT2D eigenvalue weighted by Crippen LogP contribution is 2.48. The Bertz CT molecular complexity index is 2130. The fraction of sp³-hybridized carbons (Fsp3) is 0.625. The molecule has 4 amide bonds. The van der Waals surface area contributed by atoms with Crippen LogP contribution in [0.2, 0.25) is 0 Å². The topological polar surface area (TPSA) is 182 Å². The molecule has 0 bridgehead atoms. The van der Waals surface area contributed by atoms with Crippen LogP contribution in [-0.4, -0.2) is 95.5 Å². The minimum absolute atomic E-state index is 0.00976. The molecule has 0 radical (unpaired) electrons. The maximum absolute atomic E-state index is 15.1. The van der Waals surface area contributed by atoms with Gasteiger partial charge in [-0.25, -0.2) is 22.6 Å². The van der Waals surface area contributed by atoms with E-state index in [1.165, 1.54) is 25.3 Å². The van der Waals surface area contributed by atoms with E-state index in [-0.39, 0.29) is 48.9 Å². The van der Waals surface area contributed by atoms with Crippen molar-refractivity contribution in [1.82, 2.24) is 25.2 Å². The van der Waals surface area contributed by atoms with Crippen LogP contribution in [0.4, 0.5) is 22.4 Å². The van der Waals surface area contributed by atoms with Crippen molar-refractivity contribution < 1.29 is 59.4 Å². The quantitative estimate of drug-likeness (QED) is 0.217. The van der Waals surface area contributed by atoms with E-state index in [4.69, 9.17) is 14.2 Å². The van der Waals surface area contributed by atoms with Crippen LogP contribution in [-0.2, 0) is 29.1 Å². The zero-order valence-corrected chi connectivity index (χ0v) is 34.6. The fourth-order valence-corrected chi connectivity index (χ4v) is 9.02. The largest absolute Gasteiger partial charge is 0.491 e. The summed E-state index contributed by atoms with van der Waals surface area (Å²) in [5.74, 6) is -4.62. The zero-order chi connectivity index (χ0) is 43.3. The van der Waals surface area contributed by atoms with Crippen molar-refractivity contribution >= 4 is 44.6 Å². The van der Waals surface area contributed by atoms with Gasteiger partial charge in [-0.1, -0.05) is 26.0 Å². The first-order valence-corrected chi connectivity index (χ1v) is 21.3. The molecular formula is C40H51F4N5O9S. The molecule has 7 atom stereocenters. The fourth-order valence-electron chi connectivity index (χ4n) is 7.71. The monoisotopic (exact) mass is 853 g/mol. The Hall–Kier alpha value is -4.68. The van der Waals surface area contributed by atoms with Gasteiger partial charge in [0.25, 0.3) is 5.91 Å². The van der Waals surface area contributed by atoms with Crippen molar-refractivity contribution in [2.45, 2.75) is 127 Å². The molecule has 2 aliphatic carbocycles. The number of benzene rings is 1. The number of sulfonamides is 1. The number of pyridine rings is 1. The van der Waals surface area contributed by atoms with E-state index in [9.17, 15) is 40.8 Å². The molecule has 14 nitrogen and oxygen atoms in total. The molecule has 0 spiro atoms. The van der Waals surface area contributed by atoms with E-state index in [0.29, 0.717) is 51.3 Å². The molecule has 59 heavy (non-hydrogen) atoms. The van der Waals surface area contributed by atoms with Crippen LogP contribution in [0, 0.1) is 23.6 Å². The van der Waals surface area contributed by atoms with E-state index in [2.05, 4.69) is 20.3 Å². The molecule has 2 aromatic rings. The normalized spacial score (nSPS) is 28.6. The minimum atomic E-state index is -4.94. The lowest BCUT2D eigenvalue weighted by atomic mass is 9.88. The second-order valence-corrected chi connectivity index (χ2v) is 19.2. The Balaban J connectivity index is 1.36. The number of halogens is 4. The average Bonchev–Trinajstić information content (AvgIpc) is 4.02. The summed E-state index contributed by atoms with van der Waals surface area (Å²) in [6, 6.07) is 1.40. The van der Waals surface area contributed by atoms with Gasteiger partial charge in [-0.3, -0.25) is 19.1 Å². The van der Waals surface area contributed by atoms with Crippen LogP contribution in [0.25, 0.3) is 10.8 Å². The highest BCUT2D eigenvalue weighted by Gasteiger charge is 2.63. The number of alkyl carbamates (subject to hydrolysis) is 1. The van der Waals surface area contributed by atoms with Crippen LogP contribution < -0.4 is 24.8 Å². The number of carbonyl (C=O) groups is 4. The summed E-state index contributed by atoms with van der Waals surface area (Å²) in [5, 5.41) is 5.89. The molecule has 3 N–H and O–H groups in total. The van der Waals surface area contributed by atoms with E-state index in [0.717, 1.165) is 4.90 Å². The summed E-state index contributed by atoms with van der Waals surface area (Å²) in [6.07, 6.45) is -0.376. The van der Waals surface area contributed by atoms with Gasteiger partial charge >= 0.3 is 12.3 Å². The summed E-state index contributed by atoms with van der Waals surface area (Å²) in [7, 11) is -4.10. The molecule has 2 saturated carbocycles. The van der Waals surface area contributed by atoms with Crippen LogP contribution in [0.15, 0.2) is 36.5 Å². The number of rotatable bonds is 9. The molecule has 324 valence electrons. The van der Waals surface area contributed by atoms with Crippen molar-refractivity contribution in [3.05, 3.63) is 42.4 Å². The van der Waals surface area contributed by atoms with Crippen molar-refractivity contribution in [3.8, 4) is 11.6 Å². The number of hydrogen-bond acceptors (Lipinski definition) is 10. The molecule has 1 saturated heterocycles. The van der Waals surface area contributed by atoms with Gasteiger partial charge in [0.15, 0.2) is 11.6 Å². The first-order chi connectivity index (χ1) is 27.5. The number of ether oxygens (including phenoxy) is 3. The molecule has 3 heterocycles. The summed E-state index contributed by atoms with van der Waals surface area (Å²) in [4.78, 5) is 61.7. The molecule has 1 aromatic carbocycles. The summed E-state index contributed by atoms with van der Waals surface area (Å²) in [6.45, 7) is 8.05. The Morgan fingerprint density at radius 1 is 1.12 bits per heavy atom. The Labute approximate surface area is 340 Å². The number of allylic oxidation sites excluding steroid dienone is 1. The predicted molar refractivity (Wildman–Crippen MR) is 206 cm³/mol. The minimum Gasteiger partial charge on any atom is -0.491 e. The maximum atomic E-state index is 15.1. The molecule has 6 rings (SSSR count). The van der Waals surface area contributed by atoms with Crippen molar-refractivity contribution in [2.24, 2.45) is 17.8 Å².